The molecule has 1 aromatic heterocycles. The van der Waals surface area contributed by atoms with Crippen molar-refractivity contribution in [3.05, 3.63) is 64.5 Å². The normalized spacial score (nSPS) is 28.3. The molecule has 5 aliphatic rings. The smallest absolute Gasteiger partial charge is 0.233 e. The van der Waals surface area contributed by atoms with Crippen molar-refractivity contribution in [2.45, 2.75) is 77.0 Å². The summed E-state index contributed by atoms with van der Waals surface area (Å²) in [6.45, 7) is 3.85. The first-order valence-electron chi connectivity index (χ1n) is 16.5. The number of piperidine rings is 1. The molecule has 4 atom stereocenters. The van der Waals surface area contributed by atoms with Crippen molar-refractivity contribution in [1.82, 2.24) is 14.8 Å². The molecule has 7 rings (SSSR count). The van der Waals surface area contributed by atoms with E-state index >= 15 is 0 Å². The topological polar surface area (TPSA) is 62.7 Å². The van der Waals surface area contributed by atoms with Gasteiger partial charge in [0.1, 0.15) is 5.75 Å². The lowest BCUT2D eigenvalue weighted by Crippen LogP contribution is -2.43. The van der Waals surface area contributed by atoms with Crippen molar-refractivity contribution in [2.24, 2.45) is 23.7 Å². The maximum absolute atomic E-state index is 13.2. The fourth-order valence-electron chi connectivity index (χ4n) is 8.77. The molecule has 1 aromatic carbocycles. The highest BCUT2D eigenvalue weighted by molar-refractivity contribution is 6.05. The van der Waals surface area contributed by atoms with Crippen LogP contribution >= 0.6 is 0 Å². The fraction of sp³-hybridized carbons (Fsp3) is 0.583. The zero-order chi connectivity index (χ0) is 28.6. The molecular weight excluding hydrogens is 522 g/mol. The van der Waals surface area contributed by atoms with Gasteiger partial charge in [-0.2, -0.15) is 0 Å². The third-order valence-electron chi connectivity index (χ3n) is 11.1. The number of methoxy groups -OCH3 is 1. The van der Waals surface area contributed by atoms with E-state index in [1.807, 2.05) is 6.20 Å². The van der Waals surface area contributed by atoms with Crippen molar-refractivity contribution in [3.8, 4) is 5.75 Å². The molecule has 42 heavy (non-hydrogen) atoms. The predicted octanol–water partition coefficient (Wildman–Crippen LogP) is 6.07. The van der Waals surface area contributed by atoms with Crippen LogP contribution in [0.1, 0.15) is 86.6 Å². The summed E-state index contributed by atoms with van der Waals surface area (Å²) in [5.74, 6) is 2.13. The molecule has 0 bridgehead atoms. The van der Waals surface area contributed by atoms with Gasteiger partial charge in [0, 0.05) is 37.9 Å². The standard InChI is InChI=1S/C36H45N3O3/c1-42-29-14-15-30-26(21-29)13-12-25-9-6-18-37-34(25)33(30)24-16-19-38(20-17-24)22-27-7-2-3-8-28(27)23-39-35(40)31-10-4-5-11-32(31)36(39)41/h6,9,14-15,18,21,27-28,31-32H,2-5,7-8,10-13,16-17,19-20,22-23H2,1H3/t27-,28-,31?,32?/m0/s1. The molecule has 2 saturated heterocycles. The number of hydrogen-bond acceptors (Lipinski definition) is 5. The Bertz CT molecular complexity index is 1350. The summed E-state index contributed by atoms with van der Waals surface area (Å²) in [4.78, 5) is 35.7. The number of fused-ring (bicyclic) bond motifs is 3. The van der Waals surface area contributed by atoms with Gasteiger partial charge in [-0.3, -0.25) is 19.5 Å². The number of likely N-dealkylation sites (tertiary alicyclic amines) is 2. The molecule has 0 spiro atoms. The van der Waals surface area contributed by atoms with E-state index in [1.54, 1.807) is 12.0 Å². The number of aryl methyl sites for hydroxylation is 2. The van der Waals surface area contributed by atoms with Crippen LogP contribution in [0, 0.1) is 23.7 Å². The average Bonchev–Trinajstić information content (AvgIpc) is 3.17. The molecule has 6 nitrogen and oxygen atoms in total. The summed E-state index contributed by atoms with van der Waals surface area (Å²) in [5.41, 5.74) is 8.06. The van der Waals surface area contributed by atoms with E-state index in [0.717, 1.165) is 88.9 Å². The molecule has 3 heterocycles. The highest BCUT2D eigenvalue weighted by Crippen LogP contribution is 2.42. The van der Waals surface area contributed by atoms with E-state index < -0.39 is 0 Å². The quantitative estimate of drug-likeness (QED) is 0.411. The number of imide groups is 1. The molecule has 0 N–H and O–H groups in total. The number of aromatic nitrogens is 1. The van der Waals surface area contributed by atoms with Gasteiger partial charge in [0.2, 0.25) is 11.8 Å². The second-order valence-electron chi connectivity index (χ2n) is 13.4. The number of pyridine rings is 1. The number of hydrogen-bond donors (Lipinski definition) is 0. The number of ether oxygens (including phenoxy) is 1. The van der Waals surface area contributed by atoms with E-state index in [-0.39, 0.29) is 23.7 Å². The van der Waals surface area contributed by atoms with Crippen LogP contribution in [0.3, 0.4) is 0 Å². The molecule has 6 heteroatoms. The van der Waals surface area contributed by atoms with Crippen LogP contribution in [0.2, 0.25) is 0 Å². The van der Waals surface area contributed by atoms with Gasteiger partial charge in [-0.25, -0.2) is 0 Å². The van der Waals surface area contributed by atoms with Crippen molar-refractivity contribution in [3.63, 3.8) is 0 Å². The number of carbonyl (C=O) groups is 2. The largest absolute Gasteiger partial charge is 0.497 e. The Hall–Kier alpha value is -2.99. The van der Waals surface area contributed by atoms with E-state index in [9.17, 15) is 9.59 Å². The van der Waals surface area contributed by atoms with Gasteiger partial charge in [0.15, 0.2) is 0 Å². The maximum Gasteiger partial charge on any atom is 0.233 e. The van der Waals surface area contributed by atoms with E-state index in [4.69, 9.17) is 9.72 Å². The van der Waals surface area contributed by atoms with Gasteiger partial charge >= 0.3 is 0 Å². The zero-order valence-electron chi connectivity index (χ0n) is 25.2. The van der Waals surface area contributed by atoms with Crippen LogP contribution in [0.15, 0.2) is 42.1 Å². The van der Waals surface area contributed by atoms with Crippen molar-refractivity contribution in [1.29, 1.82) is 0 Å². The summed E-state index contributed by atoms with van der Waals surface area (Å²) in [7, 11) is 1.74. The van der Waals surface area contributed by atoms with Crippen molar-refractivity contribution >= 4 is 17.4 Å². The monoisotopic (exact) mass is 567 g/mol. The van der Waals surface area contributed by atoms with E-state index in [2.05, 4.69) is 35.2 Å². The summed E-state index contributed by atoms with van der Waals surface area (Å²) in [5, 5.41) is 0. The number of nitrogens with zero attached hydrogens (tertiary/aromatic N) is 3. The minimum absolute atomic E-state index is 0.0309. The fourth-order valence-corrected chi connectivity index (χ4v) is 8.77. The molecule has 2 saturated carbocycles. The Morgan fingerprint density at radius 1 is 0.810 bits per heavy atom. The molecule has 0 radical (unpaired) electrons. The molecule has 2 amide bonds. The van der Waals surface area contributed by atoms with Crippen LogP contribution in [-0.4, -0.2) is 59.9 Å². The Labute approximate surface area is 250 Å². The Morgan fingerprint density at radius 2 is 1.48 bits per heavy atom. The highest BCUT2D eigenvalue weighted by Gasteiger charge is 2.49. The second kappa shape index (κ2) is 11.9. The summed E-state index contributed by atoms with van der Waals surface area (Å²) in [6, 6.07) is 10.9. The minimum atomic E-state index is -0.0309. The van der Waals surface area contributed by atoms with E-state index in [0.29, 0.717) is 18.4 Å². The first-order valence-corrected chi connectivity index (χ1v) is 16.5. The first kappa shape index (κ1) is 27.8. The molecular formula is C36H45N3O3. The zero-order valence-corrected chi connectivity index (χ0v) is 25.2. The number of rotatable bonds is 5. The van der Waals surface area contributed by atoms with Gasteiger partial charge in [-0.15, -0.1) is 0 Å². The van der Waals surface area contributed by atoms with Crippen LogP contribution in [0.5, 0.6) is 5.75 Å². The van der Waals surface area contributed by atoms with E-state index in [1.165, 1.54) is 47.1 Å². The van der Waals surface area contributed by atoms with Gasteiger partial charge in [0.05, 0.1) is 24.6 Å². The molecule has 3 aliphatic carbocycles. The van der Waals surface area contributed by atoms with Gasteiger partial charge in [-0.05, 0) is 98.1 Å². The summed E-state index contributed by atoms with van der Waals surface area (Å²) in [6.07, 6.45) is 14.9. The summed E-state index contributed by atoms with van der Waals surface area (Å²) < 4.78 is 5.57. The molecule has 2 aliphatic heterocycles. The Kier molecular flexibility index (Phi) is 7.91. The SMILES string of the molecule is COc1ccc2c(c1)CCc1cccnc1C2=C1CCN(C[C@@H]2CCCC[C@H]2CN2C(=O)C3CCCCC3C2=O)CC1. The second-order valence-corrected chi connectivity index (χ2v) is 13.4. The van der Waals surface area contributed by atoms with Gasteiger partial charge in [0.25, 0.3) is 0 Å². The number of amides is 2. The first-order chi connectivity index (χ1) is 20.6. The molecule has 2 aromatic rings. The Morgan fingerprint density at radius 3 is 2.19 bits per heavy atom. The highest BCUT2D eigenvalue weighted by atomic mass is 16.5. The van der Waals surface area contributed by atoms with Crippen molar-refractivity contribution in [2.75, 3.05) is 33.3 Å². The van der Waals surface area contributed by atoms with Gasteiger partial charge < -0.3 is 9.64 Å². The average molecular weight is 568 g/mol. The third kappa shape index (κ3) is 5.21. The predicted molar refractivity (Wildman–Crippen MR) is 164 cm³/mol. The molecule has 4 fully saturated rings. The van der Waals surface area contributed by atoms with Crippen LogP contribution < -0.4 is 4.74 Å². The lowest BCUT2D eigenvalue weighted by atomic mass is 9.78. The number of benzene rings is 1. The minimum Gasteiger partial charge on any atom is -0.497 e. The third-order valence-corrected chi connectivity index (χ3v) is 11.1. The molecule has 222 valence electrons. The Balaban J connectivity index is 1.07. The molecule has 2 unspecified atom stereocenters. The van der Waals surface area contributed by atoms with Crippen LogP contribution in [-0.2, 0) is 22.4 Å². The number of carbonyl (C=O) groups excluding carboxylic acids is 2. The maximum atomic E-state index is 13.2. The van der Waals surface area contributed by atoms with Crippen LogP contribution in [0.25, 0.3) is 5.57 Å². The van der Waals surface area contributed by atoms with Crippen molar-refractivity contribution < 1.29 is 14.3 Å². The summed E-state index contributed by atoms with van der Waals surface area (Å²) >= 11 is 0. The van der Waals surface area contributed by atoms with Crippen LogP contribution in [0.4, 0.5) is 0 Å². The lowest BCUT2D eigenvalue weighted by molar-refractivity contribution is -0.141. The lowest BCUT2D eigenvalue weighted by Gasteiger charge is -2.39. The van der Waals surface area contributed by atoms with Gasteiger partial charge in [-0.1, -0.05) is 43.4 Å².